The summed E-state index contributed by atoms with van der Waals surface area (Å²) in [6, 6.07) is 5.61. The third kappa shape index (κ3) is 1.95. The fraction of sp³-hybridized carbons (Fsp3) is 0.167. The molecule has 0 fully saturated rings. The molecule has 0 radical (unpaired) electrons. The molecule has 18 heavy (non-hydrogen) atoms. The van der Waals surface area contributed by atoms with Gasteiger partial charge in [0.25, 0.3) is 0 Å². The number of fused-ring (bicyclic) bond motifs is 1. The zero-order chi connectivity index (χ0) is 12.7. The number of oxazole rings is 1. The summed E-state index contributed by atoms with van der Waals surface area (Å²) in [5.74, 6) is 1.42. The van der Waals surface area contributed by atoms with Crippen molar-refractivity contribution in [1.82, 2.24) is 14.5 Å². The van der Waals surface area contributed by atoms with Gasteiger partial charge in [-0.3, -0.25) is 0 Å². The number of halogens is 1. The maximum Gasteiger partial charge on any atom is 0.214 e. The molecule has 0 spiro atoms. The zero-order valence-electron chi connectivity index (χ0n) is 9.61. The third-order valence-electron chi connectivity index (χ3n) is 2.70. The number of imidazole rings is 1. The minimum Gasteiger partial charge on any atom is -0.444 e. The van der Waals surface area contributed by atoms with Crippen LogP contribution in [0.2, 0.25) is 5.02 Å². The lowest BCUT2D eigenvalue weighted by Crippen LogP contribution is -1.99. The highest BCUT2D eigenvalue weighted by Crippen LogP contribution is 2.20. The van der Waals surface area contributed by atoms with Crippen LogP contribution in [-0.4, -0.2) is 14.5 Å². The van der Waals surface area contributed by atoms with Crippen LogP contribution in [0.3, 0.4) is 0 Å². The molecule has 0 saturated heterocycles. The Labute approximate surface area is 113 Å². The molecule has 1 aromatic carbocycles. The third-order valence-corrected chi connectivity index (χ3v) is 3.26. The van der Waals surface area contributed by atoms with Gasteiger partial charge in [0.05, 0.1) is 17.2 Å². The molecule has 2 aromatic heterocycles. The molecule has 0 amide bonds. The van der Waals surface area contributed by atoms with Gasteiger partial charge in [0.15, 0.2) is 4.77 Å². The Morgan fingerprint density at radius 2 is 2.33 bits per heavy atom. The number of hydrogen-bond acceptors (Lipinski definition) is 3. The van der Waals surface area contributed by atoms with Crippen molar-refractivity contribution in [2.45, 2.75) is 13.5 Å². The first-order chi connectivity index (χ1) is 8.63. The van der Waals surface area contributed by atoms with Gasteiger partial charge in [0, 0.05) is 5.02 Å². The summed E-state index contributed by atoms with van der Waals surface area (Å²) in [6.45, 7) is 2.36. The second kappa shape index (κ2) is 4.26. The summed E-state index contributed by atoms with van der Waals surface area (Å²) in [6.07, 6.45) is 1.70. The topological polar surface area (TPSA) is 46.8 Å². The fourth-order valence-corrected chi connectivity index (χ4v) is 2.33. The van der Waals surface area contributed by atoms with Gasteiger partial charge in [0.2, 0.25) is 5.89 Å². The summed E-state index contributed by atoms with van der Waals surface area (Å²) >= 11 is 11.3. The van der Waals surface area contributed by atoms with E-state index in [1.54, 1.807) is 6.20 Å². The van der Waals surface area contributed by atoms with Crippen molar-refractivity contribution in [2.75, 3.05) is 0 Å². The molecule has 0 saturated carbocycles. The standard InChI is InChI=1S/C12H10ClN3OS/c1-7-5-14-11(17-7)6-16-10-4-8(13)2-3-9(10)15-12(16)18/h2-5H,6H2,1H3,(H,15,18). The lowest BCUT2D eigenvalue weighted by molar-refractivity contribution is 0.459. The number of nitrogens with zero attached hydrogens (tertiary/aromatic N) is 2. The van der Waals surface area contributed by atoms with E-state index in [0.717, 1.165) is 16.8 Å². The zero-order valence-corrected chi connectivity index (χ0v) is 11.2. The van der Waals surface area contributed by atoms with Crippen molar-refractivity contribution in [3.63, 3.8) is 0 Å². The number of aryl methyl sites for hydroxylation is 1. The maximum atomic E-state index is 6.01. The van der Waals surface area contributed by atoms with Gasteiger partial charge in [-0.1, -0.05) is 11.6 Å². The van der Waals surface area contributed by atoms with Gasteiger partial charge in [0.1, 0.15) is 12.3 Å². The lowest BCUT2D eigenvalue weighted by atomic mass is 10.3. The maximum absolute atomic E-state index is 6.01. The van der Waals surface area contributed by atoms with Crippen molar-refractivity contribution in [1.29, 1.82) is 0 Å². The van der Waals surface area contributed by atoms with Crippen LogP contribution in [0.25, 0.3) is 11.0 Å². The summed E-state index contributed by atoms with van der Waals surface area (Å²) in [5, 5.41) is 0.675. The number of nitrogens with one attached hydrogen (secondary N) is 1. The average molecular weight is 280 g/mol. The smallest absolute Gasteiger partial charge is 0.214 e. The molecule has 2 heterocycles. The first-order valence-electron chi connectivity index (χ1n) is 5.43. The lowest BCUT2D eigenvalue weighted by Gasteiger charge is -2.01. The minimum atomic E-state index is 0.493. The second-order valence-corrected chi connectivity index (χ2v) is 4.87. The number of hydrogen-bond donors (Lipinski definition) is 1. The molecule has 92 valence electrons. The van der Waals surface area contributed by atoms with Gasteiger partial charge in [-0.25, -0.2) is 4.98 Å². The molecule has 0 aliphatic rings. The molecule has 3 rings (SSSR count). The monoisotopic (exact) mass is 279 g/mol. The van der Waals surface area contributed by atoms with Crippen LogP contribution >= 0.6 is 23.8 Å². The van der Waals surface area contributed by atoms with E-state index in [0.29, 0.717) is 22.2 Å². The Kier molecular flexibility index (Phi) is 2.72. The van der Waals surface area contributed by atoms with E-state index in [4.69, 9.17) is 28.2 Å². The molecular weight excluding hydrogens is 270 g/mol. The average Bonchev–Trinajstić information content (AvgIpc) is 2.86. The molecule has 0 aliphatic carbocycles. The van der Waals surface area contributed by atoms with Gasteiger partial charge >= 0.3 is 0 Å². The van der Waals surface area contributed by atoms with Crippen LogP contribution in [0.1, 0.15) is 11.7 Å². The van der Waals surface area contributed by atoms with Crippen LogP contribution in [-0.2, 0) is 6.54 Å². The highest BCUT2D eigenvalue weighted by molar-refractivity contribution is 7.71. The number of benzene rings is 1. The Morgan fingerprint density at radius 1 is 1.50 bits per heavy atom. The van der Waals surface area contributed by atoms with E-state index >= 15 is 0 Å². The summed E-state index contributed by atoms with van der Waals surface area (Å²) in [5.41, 5.74) is 1.90. The largest absolute Gasteiger partial charge is 0.444 e. The Morgan fingerprint density at radius 3 is 3.06 bits per heavy atom. The predicted octanol–water partition coefficient (Wildman–Crippen LogP) is 3.70. The van der Waals surface area contributed by atoms with Gasteiger partial charge in [-0.2, -0.15) is 0 Å². The van der Waals surface area contributed by atoms with E-state index in [-0.39, 0.29) is 0 Å². The highest BCUT2D eigenvalue weighted by atomic mass is 35.5. The van der Waals surface area contributed by atoms with Gasteiger partial charge in [-0.15, -0.1) is 0 Å². The van der Waals surface area contributed by atoms with Crippen molar-refractivity contribution < 1.29 is 4.42 Å². The van der Waals surface area contributed by atoms with Crippen LogP contribution in [0.15, 0.2) is 28.8 Å². The molecule has 0 aliphatic heterocycles. The molecule has 0 unspecified atom stereocenters. The summed E-state index contributed by atoms with van der Waals surface area (Å²) < 4.78 is 8.01. The Bertz CT molecular complexity index is 771. The second-order valence-electron chi connectivity index (χ2n) is 4.04. The van der Waals surface area contributed by atoms with Gasteiger partial charge in [-0.05, 0) is 37.3 Å². The van der Waals surface area contributed by atoms with Crippen molar-refractivity contribution in [3.05, 3.63) is 45.8 Å². The predicted molar refractivity (Wildman–Crippen MR) is 72.5 cm³/mol. The van der Waals surface area contributed by atoms with Crippen LogP contribution in [0.4, 0.5) is 0 Å². The first kappa shape index (κ1) is 11.5. The molecular formula is C12H10ClN3OS. The van der Waals surface area contributed by atoms with E-state index in [9.17, 15) is 0 Å². The van der Waals surface area contributed by atoms with Crippen LogP contribution in [0, 0.1) is 11.7 Å². The minimum absolute atomic E-state index is 0.493. The molecule has 4 nitrogen and oxygen atoms in total. The van der Waals surface area contributed by atoms with E-state index in [1.807, 2.05) is 29.7 Å². The van der Waals surface area contributed by atoms with Crippen LogP contribution < -0.4 is 0 Å². The Balaban J connectivity index is 2.13. The molecule has 0 bridgehead atoms. The van der Waals surface area contributed by atoms with Crippen LogP contribution in [0.5, 0.6) is 0 Å². The first-order valence-corrected chi connectivity index (χ1v) is 6.21. The number of aromatic nitrogens is 3. The molecule has 6 heteroatoms. The number of H-pyrrole nitrogens is 1. The normalized spacial score (nSPS) is 11.2. The molecule has 3 aromatic rings. The van der Waals surface area contributed by atoms with Crippen molar-refractivity contribution in [2.24, 2.45) is 0 Å². The van der Waals surface area contributed by atoms with E-state index < -0.39 is 0 Å². The van der Waals surface area contributed by atoms with Crippen molar-refractivity contribution >= 4 is 34.9 Å². The van der Waals surface area contributed by atoms with Crippen molar-refractivity contribution in [3.8, 4) is 0 Å². The number of rotatable bonds is 2. The quantitative estimate of drug-likeness (QED) is 0.728. The highest BCUT2D eigenvalue weighted by Gasteiger charge is 2.08. The Hall–Kier alpha value is -1.59. The molecule has 0 atom stereocenters. The van der Waals surface area contributed by atoms with Gasteiger partial charge < -0.3 is 14.0 Å². The van der Waals surface area contributed by atoms with E-state index in [1.165, 1.54) is 0 Å². The SMILES string of the molecule is Cc1cnc(Cn2c(=S)[nH]c3ccc(Cl)cc32)o1. The summed E-state index contributed by atoms with van der Waals surface area (Å²) in [7, 11) is 0. The fourth-order valence-electron chi connectivity index (χ4n) is 1.89. The molecule has 1 N–H and O–H groups in total. The summed E-state index contributed by atoms with van der Waals surface area (Å²) in [4.78, 5) is 7.31. The number of aromatic amines is 1. The van der Waals surface area contributed by atoms with E-state index in [2.05, 4.69) is 9.97 Å².